The van der Waals surface area contributed by atoms with E-state index in [1.165, 1.54) is 6.21 Å². The third kappa shape index (κ3) is 7.62. The first-order valence-electron chi connectivity index (χ1n) is 10.2. The van der Waals surface area contributed by atoms with Crippen molar-refractivity contribution in [3.63, 3.8) is 0 Å². The molecule has 0 aliphatic heterocycles. The number of nitrogens with one attached hydrogen (secondary N) is 3. The quantitative estimate of drug-likeness (QED) is 0.282. The van der Waals surface area contributed by atoms with Crippen molar-refractivity contribution in [3.05, 3.63) is 95.6 Å². The summed E-state index contributed by atoms with van der Waals surface area (Å²) >= 11 is 0. The molecule has 168 valence electrons. The van der Waals surface area contributed by atoms with Crippen LogP contribution in [0.25, 0.3) is 0 Å². The van der Waals surface area contributed by atoms with Gasteiger partial charge in [0.25, 0.3) is 5.91 Å². The van der Waals surface area contributed by atoms with Crippen LogP contribution in [0.2, 0.25) is 0 Å². The number of aryl methyl sites for hydroxylation is 1. The van der Waals surface area contributed by atoms with Gasteiger partial charge in [-0.25, -0.2) is 5.43 Å². The number of ether oxygens (including phenoxy) is 1. The number of anilines is 1. The van der Waals surface area contributed by atoms with Crippen molar-refractivity contribution in [1.82, 2.24) is 10.7 Å². The molecule has 0 aliphatic carbocycles. The summed E-state index contributed by atoms with van der Waals surface area (Å²) in [4.78, 5) is 35.9. The highest BCUT2D eigenvalue weighted by molar-refractivity contribution is 6.39. The van der Waals surface area contributed by atoms with Gasteiger partial charge in [-0.1, -0.05) is 60.7 Å². The molecule has 0 aromatic heterocycles. The van der Waals surface area contributed by atoms with E-state index in [9.17, 15) is 14.4 Å². The molecule has 3 amide bonds. The second-order valence-electron chi connectivity index (χ2n) is 7.09. The zero-order chi connectivity index (χ0) is 23.5. The standard InChI is InChI=1S/C25H24N4O4/c1-18-8-5-6-13-22(18)28-24(31)25(32)29-27-16-20-11-7-12-21(14-20)33-17-23(30)26-15-19-9-3-2-4-10-19/h2-14,16H,15,17H2,1H3,(H,26,30)(H,28,31)(H,29,32)/b27-16-. The van der Waals surface area contributed by atoms with Crippen LogP contribution in [0, 0.1) is 6.92 Å². The van der Waals surface area contributed by atoms with Crippen LogP contribution in [-0.4, -0.2) is 30.5 Å². The van der Waals surface area contributed by atoms with Gasteiger partial charge in [0.15, 0.2) is 6.61 Å². The summed E-state index contributed by atoms with van der Waals surface area (Å²) in [5.74, 6) is -1.49. The van der Waals surface area contributed by atoms with E-state index >= 15 is 0 Å². The Morgan fingerprint density at radius 2 is 1.67 bits per heavy atom. The van der Waals surface area contributed by atoms with E-state index in [0.717, 1.165) is 11.1 Å². The normalized spacial score (nSPS) is 10.5. The summed E-state index contributed by atoms with van der Waals surface area (Å²) < 4.78 is 5.51. The molecule has 3 aromatic carbocycles. The van der Waals surface area contributed by atoms with Gasteiger partial charge in [-0.2, -0.15) is 5.10 Å². The SMILES string of the molecule is Cc1ccccc1NC(=O)C(=O)N/N=C\c1cccc(OCC(=O)NCc2ccccc2)c1. The molecule has 33 heavy (non-hydrogen) atoms. The first-order valence-corrected chi connectivity index (χ1v) is 10.2. The van der Waals surface area contributed by atoms with Crippen LogP contribution in [-0.2, 0) is 20.9 Å². The summed E-state index contributed by atoms with van der Waals surface area (Å²) in [7, 11) is 0. The number of hydrogen-bond acceptors (Lipinski definition) is 5. The lowest BCUT2D eigenvalue weighted by atomic mass is 10.2. The van der Waals surface area contributed by atoms with Gasteiger partial charge in [0.2, 0.25) is 0 Å². The number of amides is 3. The average molecular weight is 444 g/mol. The Labute approximate surface area is 191 Å². The van der Waals surface area contributed by atoms with E-state index < -0.39 is 11.8 Å². The molecule has 0 spiro atoms. The summed E-state index contributed by atoms with van der Waals surface area (Å²) in [5, 5.41) is 9.13. The zero-order valence-corrected chi connectivity index (χ0v) is 18.1. The van der Waals surface area contributed by atoms with Gasteiger partial charge in [0, 0.05) is 12.2 Å². The lowest BCUT2D eigenvalue weighted by Crippen LogP contribution is -2.32. The highest BCUT2D eigenvalue weighted by Gasteiger charge is 2.13. The van der Waals surface area contributed by atoms with Crippen LogP contribution in [0.5, 0.6) is 5.75 Å². The molecule has 0 saturated heterocycles. The maximum Gasteiger partial charge on any atom is 0.329 e. The number of rotatable bonds is 8. The molecule has 3 aromatic rings. The number of benzene rings is 3. The molecule has 0 saturated carbocycles. The van der Waals surface area contributed by atoms with Gasteiger partial charge in [-0.05, 0) is 41.8 Å². The molecule has 3 rings (SSSR count). The maximum absolute atomic E-state index is 12.0. The van der Waals surface area contributed by atoms with Gasteiger partial charge in [-0.3, -0.25) is 14.4 Å². The van der Waals surface area contributed by atoms with Crippen LogP contribution in [0.1, 0.15) is 16.7 Å². The molecule has 0 radical (unpaired) electrons. The molecule has 8 heteroatoms. The summed E-state index contributed by atoms with van der Waals surface area (Å²) in [6.07, 6.45) is 1.38. The minimum absolute atomic E-state index is 0.136. The molecule has 0 aliphatic rings. The third-order valence-corrected chi connectivity index (χ3v) is 4.54. The zero-order valence-electron chi connectivity index (χ0n) is 18.1. The van der Waals surface area contributed by atoms with Crippen LogP contribution < -0.4 is 20.8 Å². The van der Waals surface area contributed by atoms with Gasteiger partial charge < -0.3 is 15.4 Å². The molecule has 0 unspecified atom stereocenters. The Kier molecular flexibility index (Phi) is 8.30. The van der Waals surface area contributed by atoms with Gasteiger partial charge in [0.05, 0.1) is 6.21 Å². The molecular formula is C25H24N4O4. The summed E-state index contributed by atoms with van der Waals surface area (Å²) in [6, 6.07) is 23.5. The molecule has 0 bridgehead atoms. The largest absolute Gasteiger partial charge is 0.484 e. The topological polar surface area (TPSA) is 109 Å². The Morgan fingerprint density at radius 3 is 2.45 bits per heavy atom. The lowest BCUT2D eigenvalue weighted by Gasteiger charge is -2.08. The molecule has 0 fully saturated rings. The van der Waals surface area contributed by atoms with Crippen molar-refractivity contribution in [3.8, 4) is 5.75 Å². The summed E-state index contributed by atoms with van der Waals surface area (Å²) in [6.45, 7) is 2.11. The highest BCUT2D eigenvalue weighted by Crippen LogP contribution is 2.13. The second-order valence-corrected chi connectivity index (χ2v) is 7.09. The average Bonchev–Trinajstić information content (AvgIpc) is 2.83. The van der Waals surface area contributed by atoms with Crippen molar-refractivity contribution >= 4 is 29.6 Å². The Hall–Kier alpha value is -4.46. The number of carbonyl (C=O) groups is 3. The third-order valence-electron chi connectivity index (χ3n) is 4.54. The van der Waals surface area contributed by atoms with E-state index in [4.69, 9.17) is 4.74 Å². The fraction of sp³-hybridized carbons (Fsp3) is 0.120. The molecule has 0 atom stereocenters. The number of hydrogen-bond donors (Lipinski definition) is 3. The number of carbonyl (C=O) groups excluding carboxylic acids is 3. The Balaban J connectivity index is 1.45. The molecular weight excluding hydrogens is 420 g/mol. The van der Waals surface area contributed by atoms with Crippen LogP contribution >= 0.6 is 0 Å². The second kappa shape index (κ2) is 11.8. The monoisotopic (exact) mass is 444 g/mol. The van der Waals surface area contributed by atoms with Crippen LogP contribution in [0.3, 0.4) is 0 Å². The Morgan fingerprint density at radius 1 is 0.909 bits per heavy atom. The first-order chi connectivity index (χ1) is 16.0. The van der Waals surface area contributed by atoms with Crippen molar-refractivity contribution < 1.29 is 19.1 Å². The predicted octanol–water partition coefficient (Wildman–Crippen LogP) is 2.78. The smallest absolute Gasteiger partial charge is 0.329 e. The minimum Gasteiger partial charge on any atom is -0.484 e. The van der Waals surface area contributed by atoms with Crippen LogP contribution in [0.4, 0.5) is 5.69 Å². The molecule has 0 heterocycles. The predicted molar refractivity (Wildman–Crippen MR) is 126 cm³/mol. The van der Waals surface area contributed by atoms with Crippen molar-refractivity contribution in [2.24, 2.45) is 5.10 Å². The Bertz CT molecular complexity index is 1150. The molecule has 3 N–H and O–H groups in total. The number of hydrazone groups is 1. The van der Waals surface area contributed by atoms with Gasteiger partial charge in [-0.15, -0.1) is 0 Å². The van der Waals surface area contributed by atoms with Gasteiger partial charge in [0.1, 0.15) is 5.75 Å². The summed E-state index contributed by atoms with van der Waals surface area (Å²) in [5.41, 5.74) is 5.20. The van der Waals surface area contributed by atoms with Crippen molar-refractivity contribution in [1.29, 1.82) is 0 Å². The fourth-order valence-corrected chi connectivity index (χ4v) is 2.79. The molecule has 8 nitrogen and oxygen atoms in total. The lowest BCUT2D eigenvalue weighted by molar-refractivity contribution is -0.136. The van der Waals surface area contributed by atoms with E-state index in [1.807, 2.05) is 49.4 Å². The first kappa shape index (κ1) is 23.2. The van der Waals surface area contributed by atoms with E-state index in [0.29, 0.717) is 23.5 Å². The fourth-order valence-electron chi connectivity index (χ4n) is 2.79. The maximum atomic E-state index is 12.0. The van der Waals surface area contributed by atoms with E-state index in [2.05, 4.69) is 21.2 Å². The number of nitrogens with zero attached hydrogens (tertiary/aromatic N) is 1. The number of para-hydroxylation sites is 1. The van der Waals surface area contributed by atoms with Crippen LogP contribution in [0.15, 0.2) is 84.0 Å². The van der Waals surface area contributed by atoms with Crippen molar-refractivity contribution in [2.75, 3.05) is 11.9 Å². The van der Waals surface area contributed by atoms with Crippen molar-refractivity contribution in [2.45, 2.75) is 13.5 Å². The minimum atomic E-state index is -0.892. The van der Waals surface area contributed by atoms with E-state index in [1.54, 1.807) is 36.4 Å². The van der Waals surface area contributed by atoms with E-state index in [-0.39, 0.29) is 12.5 Å². The van der Waals surface area contributed by atoms with Gasteiger partial charge >= 0.3 is 11.8 Å². The highest BCUT2D eigenvalue weighted by atomic mass is 16.5.